The molecule has 0 spiro atoms. The fourth-order valence-electron chi connectivity index (χ4n) is 1.62. The lowest BCUT2D eigenvalue weighted by molar-refractivity contribution is 0.504. The number of thiophene rings is 1. The van der Waals surface area contributed by atoms with Gasteiger partial charge < -0.3 is 4.42 Å². The summed E-state index contributed by atoms with van der Waals surface area (Å²) in [5, 5.41) is 2.49. The van der Waals surface area contributed by atoms with Gasteiger partial charge in [0.2, 0.25) is 0 Å². The second kappa shape index (κ2) is 5.50. The van der Waals surface area contributed by atoms with Gasteiger partial charge in [-0.05, 0) is 42.0 Å². The molecular weight excluding hydrogens is 244 g/mol. The van der Waals surface area contributed by atoms with Crippen molar-refractivity contribution in [3.8, 4) is 0 Å². The number of halogens is 1. The van der Waals surface area contributed by atoms with E-state index in [2.05, 4.69) is 22.9 Å². The Morgan fingerprint density at radius 3 is 2.94 bits per heavy atom. The number of nitrogens with two attached hydrogens (primary N) is 1. The summed E-state index contributed by atoms with van der Waals surface area (Å²) in [5.74, 6) is 5.53. The van der Waals surface area contributed by atoms with Crippen LogP contribution in [0.2, 0.25) is 5.22 Å². The molecule has 86 valence electrons. The van der Waals surface area contributed by atoms with Gasteiger partial charge in [0.15, 0.2) is 5.22 Å². The first-order chi connectivity index (χ1) is 7.81. The molecule has 0 aliphatic carbocycles. The van der Waals surface area contributed by atoms with Gasteiger partial charge >= 0.3 is 0 Å². The van der Waals surface area contributed by atoms with Gasteiger partial charge in [0, 0.05) is 10.4 Å². The Morgan fingerprint density at radius 2 is 2.38 bits per heavy atom. The first kappa shape index (κ1) is 11.7. The molecule has 2 aromatic heterocycles. The van der Waals surface area contributed by atoms with Gasteiger partial charge in [-0.25, -0.2) is 0 Å². The van der Waals surface area contributed by atoms with E-state index in [9.17, 15) is 0 Å². The largest absolute Gasteiger partial charge is 0.453 e. The molecule has 0 aliphatic rings. The molecule has 2 heterocycles. The molecule has 1 unspecified atom stereocenters. The number of nitrogens with one attached hydrogen (secondary N) is 1. The fourth-order valence-corrected chi connectivity index (χ4v) is 2.59. The molecule has 16 heavy (non-hydrogen) atoms. The molecule has 0 saturated carbocycles. The minimum atomic E-state index is 0.0355. The molecule has 0 aromatic carbocycles. The van der Waals surface area contributed by atoms with E-state index in [-0.39, 0.29) is 6.04 Å². The van der Waals surface area contributed by atoms with E-state index in [1.807, 2.05) is 6.07 Å². The normalized spacial score (nSPS) is 12.9. The van der Waals surface area contributed by atoms with Crippen molar-refractivity contribution in [3.05, 3.63) is 45.5 Å². The highest BCUT2D eigenvalue weighted by molar-refractivity contribution is 7.09. The van der Waals surface area contributed by atoms with Crippen LogP contribution in [0.15, 0.2) is 34.3 Å². The van der Waals surface area contributed by atoms with E-state index in [0.29, 0.717) is 5.22 Å². The molecule has 3 nitrogen and oxygen atoms in total. The van der Waals surface area contributed by atoms with Crippen molar-refractivity contribution in [1.82, 2.24) is 5.43 Å². The SMILES string of the molecule is NNC(CCc1cccs1)c1ccoc1Cl. The summed E-state index contributed by atoms with van der Waals surface area (Å²) in [6.45, 7) is 0. The van der Waals surface area contributed by atoms with Crippen LogP contribution in [-0.4, -0.2) is 0 Å². The van der Waals surface area contributed by atoms with E-state index in [1.54, 1.807) is 17.6 Å². The number of hydrogen-bond acceptors (Lipinski definition) is 4. The topological polar surface area (TPSA) is 51.2 Å². The Labute approximate surface area is 103 Å². The Hall–Kier alpha value is -0.810. The Balaban J connectivity index is 1.99. The van der Waals surface area contributed by atoms with Crippen LogP contribution in [0, 0.1) is 0 Å². The molecule has 2 aromatic rings. The summed E-state index contributed by atoms with van der Waals surface area (Å²) < 4.78 is 5.06. The molecule has 0 amide bonds. The number of furan rings is 1. The number of aryl methyl sites for hydroxylation is 1. The molecular formula is C11H13ClN2OS. The Kier molecular flexibility index (Phi) is 4.01. The second-order valence-corrected chi connectivity index (χ2v) is 4.86. The third-order valence-electron chi connectivity index (χ3n) is 2.48. The number of hydrogen-bond donors (Lipinski definition) is 2. The number of rotatable bonds is 5. The Bertz CT molecular complexity index is 427. The third-order valence-corrected chi connectivity index (χ3v) is 3.73. The molecule has 0 aliphatic heterocycles. The molecule has 0 radical (unpaired) electrons. The van der Waals surface area contributed by atoms with E-state index in [4.69, 9.17) is 21.9 Å². The van der Waals surface area contributed by atoms with Gasteiger partial charge in [0.1, 0.15) is 0 Å². The molecule has 0 saturated heterocycles. The van der Waals surface area contributed by atoms with Gasteiger partial charge in [0.05, 0.1) is 12.3 Å². The molecule has 2 rings (SSSR count). The van der Waals surface area contributed by atoms with Crippen LogP contribution in [0.1, 0.15) is 22.9 Å². The van der Waals surface area contributed by atoms with Crippen molar-refractivity contribution in [1.29, 1.82) is 0 Å². The van der Waals surface area contributed by atoms with Crippen LogP contribution in [0.4, 0.5) is 0 Å². The predicted molar refractivity (Wildman–Crippen MR) is 66.4 cm³/mol. The van der Waals surface area contributed by atoms with Crippen molar-refractivity contribution >= 4 is 22.9 Å². The van der Waals surface area contributed by atoms with Crippen molar-refractivity contribution in [2.75, 3.05) is 0 Å². The van der Waals surface area contributed by atoms with Crippen LogP contribution in [0.25, 0.3) is 0 Å². The minimum Gasteiger partial charge on any atom is -0.453 e. The highest BCUT2D eigenvalue weighted by Gasteiger charge is 2.15. The van der Waals surface area contributed by atoms with Gasteiger partial charge in [-0.2, -0.15) is 0 Å². The monoisotopic (exact) mass is 256 g/mol. The van der Waals surface area contributed by atoms with Crippen LogP contribution >= 0.6 is 22.9 Å². The van der Waals surface area contributed by atoms with Crippen LogP contribution in [0.3, 0.4) is 0 Å². The maximum atomic E-state index is 5.91. The average molecular weight is 257 g/mol. The van der Waals surface area contributed by atoms with Crippen molar-refractivity contribution in [2.45, 2.75) is 18.9 Å². The van der Waals surface area contributed by atoms with Crippen LogP contribution in [0.5, 0.6) is 0 Å². The molecule has 0 bridgehead atoms. The summed E-state index contributed by atoms with van der Waals surface area (Å²) in [5.41, 5.74) is 3.69. The summed E-state index contributed by atoms with van der Waals surface area (Å²) in [6.07, 6.45) is 3.46. The summed E-state index contributed by atoms with van der Waals surface area (Å²) in [4.78, 5) is 1.35. The first-order valence-corrected chi connectivity index (χ1v) is 6.28. The zero-order valence-electron chi connectivity index (χ0n) is 8.65. The van der Waals surface area contributed by atoms with Crippen molar-refractivity contribution in [3.63, 3.8) is 0 Å². The standard InChI is InChI=1S/C11H13ClN2OS/c12-11-9(5-6-15-11)10(14-13)4-3-8-2-1-7-16-8/h1-2,5-7,10,14H,3-4,13H2. The minimum absolute atomic E-state index is 0.0355. The predicted octanol–water partition coefficient (Wildman–Crippen LogP) is 3.13. The van der Waals surface area contributed by atoms with Gasteiger partial charge in [-0.1, -0.05) is 6.07 Å². The first-order valence-electron chi connectivity index (χ1n) is 5.02. The van der Waals surface area contributed by atoms with Crippen molar-refractivity contribution < 1.29 is 4.42 Å². The zero-order chi connectivity index (χ0) is 11.4. The quantitative estimate of drug-likeness (QED) is 0.638. The zero-order valence-corrected chi connectivity index (χ0v) is 10.2. The van der Waals surface area contributed by atoms with Gasteiger partial charge in [0.25, 0.3) is 0 Å². The Morgan fingerprint density at radius 1 is 1.50 bits per heavy atom. The molecule has 0 fully saturated rings. The lowest BCUT2D eigenvalue weighted by Gasteiger charge is -2.13. The van der Waals surface area contributed by atoms with E-state index < -0.39 is 0 Å². The number of hydrazine groups is 1. The maximum absolute atomic E-state index is 5.91. The van der Waals surface area contributed by atoms with Gasteiger partial charge in [-0.15, -0.1) is 11.3 Å². The highest BCUT2D eigenvalue weighted by atomic mass is 35.5. The summed E-state index contributed by atoms with van der Waals surface area (Å²) >= 11 is 7.67. The maximum Gasteiger partial charge on any atom is 0.197 e. The summed E-state index contributed by atoms with van der Waals surface area (Å²) in [7, 11) is 0. The van der Waals surface area contributed by atoms with E-state index >= 15 is 0 Å². The average Bonchev–Trinajstić information content (AvgIpc) is 2.92. The van der Waals surface area contributed by atoms with Crippen molar-refractivity contribution in [2.24, 2.45) is 5.84 Å². The third kappa shape index (κ3) is 2.65. The van der Waals surface area contributed by atoms with Gasteiger partial charge in [-0.3, -0.25) is 11.3 Å². The van der Waals surface area contributed by atoms with E-state index in [0.717, 1.165) is 18.4 Å². The lowest BCUT2D eigenvalue weighted by atomic mass is 10.1. The smallest absolute Gasteiger partial charge is 0.197 e. The van der Waals surface area contributed by atoms with Crippen LogP contribution in [-0.2, 0) is 6.42 Å². The molecule has 3 N–H and O–H groups in total. The lowest BCUT2D eigenvalue weighted by Crippen LogP contribution is -2.28. The molecule has 5 heteroatoms. The van der Waals surface area contributed by atoms with Crippen LogP contribution < -0.4 is 11.3 Å². The summed E-state index contributed by atoms with van der Waals surface area (Å²) in [6, 6.07) is 6.06. The molecule has 1 atom stereocenters. The fraction of sp³-hybridized carbons (Fsp3) is 0.273. The second-order valence-electron chi connectivity index (χ2n) is 3.49. The van der Waals surface area contributed by atoms with E-state index in [1.165, 1.54) is 4.88 Å². The highest BCUT2D eigenvalue weighted by Crippen LogP contribution is 2.27.